The van der Waals surface area contributed by atoms with Gasteiger partial charge in [0, 0.05) is 37.7 Å². The maximum absolute atomic E-state index is 14.1. The van der Waals surface area contributed by atoms with Gasteiger partial charge in [-0.2, -0.15) is 5.26 Å². The molecule has 0 saturated carbocycles. The molecule has 0 bridgehead atoms. The molecule has 0 aromatic heterocycles. The van der Waals surface area contributed by atoms with Crippen molar-refractivity contribution in [3.8, 4) is 6.07 Å². The van der Waals surface area contributed by atoms with Crippen molar-refractivity contribution in [2.24, 2.45) is 0 Å². The fourth-order valence-corrected chi connectivity index (χ4v) is 4.05. The van der Waals surface area contributed by atoms with Crippen molar-refractivity contribution in [1.29, 1.82) is 5.26 Å². The van der Waals surface area contributed by atoms with E-state index in [0.29, 0.717) is 23.7 Å². The molecule has 4 nitrogen and oxygen atoms in total. The van der Waals surface area contributed by atoms with Gasteiger partial charge in [-0.3, -0.25) is 9.69 Å². The second kappa shape index (κ2) is 6.67. The van der Waals surface area contributed by atoms with Gasteiger partial charge in [0.05, 0.1) is 11.6 Å². The zero-order valence-electron chi connectivity index (χ0n) is 13.5. The number of amides is 1. The zero-order chi connectivity index (χ0) is 16.4. The maximum Gasteiger partial charge on any atom is 0.219 e. The van der Waals surface area contributed by atoms with E-state index < -0.39 is 0 Å². The molecule has 5 heteroatoms. The number of hydrogen-bond donors (Lipinski definition) is 0. The molecule has 2 fully saturated rings. The topological polar surface area (TPSA) is 47.3 Å². The van der Waals surface area contributed by atoms with E-state index in [1.54, 1.807) is 13.0 Å². The van der Waals surface area contributed by atoms with E-state index in [-0.39, 0.29) is 17.8 Å². The molecule has 0 radical (unpaired) electrons. The van der Waals surface area contributed by atoms with Crippen LogP contribution >= 0.6 is 0 Å². The Morgan fingerprint density at radius 1 is 1.30 bits per heavy atom. The highest BCUT2D eigenvalue weighted by atomic mass is 19.1. The van der Waals surface area contributed by atoms with Crippen molar-refractivity contribution in [3.05, 3.63) is 35.1 Å². The summed E-state index contributed by atoms with van der Waals surface area (Å²) in [7, 11) is 0. The Balaban J connectivity index is 1.77. The lowest BCUT2D eigenvalue weighted by atomic mass is 10.0. The normalized spacial score (nSPS) is 24.8. The van der Waals surface area contributed by atoms with Gasteiger partial charge in [-0.25, -0.2) is 4.39 Å². The third-order valence-electron chi connectivity index (χ3n) is 5.11. The first-order chi connectivity index (χ1) is 11.1. The molecular formula is C18H22FN3O. The Hall–Kier alpha value is -1.93. The summed E-state index contributed by atoms with van der Waals surface area (Å²) in [6.45, 7) is 3.90. The predicted octanol–water partition coefficient (Wildman–Crippen LogP) is 2.67. The molecule has 122 valence electrons. The summed E-state index contributed by atoms with van der Waals surface area (Å²) in [5.41, 5.74) is 1.06. The molecule has 0 aliphatic carbocycles. The average Bonchev–Trinajstić information content (AvgIpc) is 3.17. The second-order valence-electron chi connectivity index (χ2n) is 6.52. The van der Waals surface area contributed by atoms with Crippen LogP contribution in [-0.2, 0) is 11.3 Å². The summed E-state index contributed by atoms with van der Waals surface area (Å²) in [4.78, 5) is 16.1. The Kier molecular flexibility index (Phi) is 4.63. The average molecular weight is 315 g/mol. The van der Waals surface area contributed by atoms with E-state index in [4.69, 9.17) is 5.26 Å². The SMILES string of the molecule is CC(=O)N1CCC[C@H]1[C@@H]1CCCN1Cc1cc(C#N)ccc1F. The van der Waals surface area contributed by atoms with Crippen LogP contribution < -0.4 is 0 Å². The molecule has 0 N–H and O–H groups in total. The molecule has 2 atom stereocenters. The molecule has 23 heavy (non-hydrogen) atoms. The highest BCUT2D eigenvalue weighted by Crippen LogP contribution is 2.31. The van der Waals surface area contributed by atoms with Crippen LogP contribution in [0.15, 0.2) is 18.2 Å². The van der Waals surface area contributed by atoms with Crippen molar-refractivity contribution in [1.82, 2.24) is 9.80 Å². The third-order valence-corrected chi connectivity index (χ3v) is 5.11. The Morgan fingerprint density at radius 3 is 2.78 bits per heavy atom. The molecule has 2 aliphatic rings. The molecule has 2 aliphatic heterocycles. The summed E-state index contributed by atoms with van der Waals surface area (Å²) >= 11 is 0. The monoisotopic (exact) mass is 315 g/mol. The van der Waals surface area contributed by atoms with Crippen LogP contribution in [0.2, 0.25) is 0 Å². The van der Waals surface area contributed by atoms with Crippen LogP contribution in [0.1, 0.15) is 43.7 Å². The molecule has 1 aromatic rings. The van der Waals surface area contributed by atoms with Gasteiger partial charge in [0.1, 0.15) is 5.82 Å². The first-order valence-electron chi connectivity index (χ1n) is 8.30. The van der Waals surface area contributed by atoms with Crippen molar-refractivity contribution in [2.45, 2.75) is 51.2 Å². The number of carbonyl (C=O) groups is 1. The van der Waals surface area contributed by atoms with E-state index in [1.165, 1.54) is 12.1 Å². The standard InChI is InChI=1S/C18H22FN3O/c1-13(23)22-9-3-5-18(22)17-4-2-8-21(17)12-15-10-14(11-20)6-7-16(15)19/h6-7,10,17-18H,2-5,8-9,12H2,1H3/t17-,18-/m0/s1. The number of carbonyl (C=O) groups excluding carboxylic acids is 1. The Labute approximate surface area is 136 Å². The first kappa shape index (κ1) is 15.9. The Bertz CT molecular complexity index is 640. The number of nitriles is 1. The highest BCUT2D eigenvalue weighted by Gasteiger charge is 2.38. The molecule has 2 saturated heterocycles. The largest absolute Gasteiger partial charge is 0.338 e. The summed E-state index contributed by atoms with van der Waals surface area (Å²) in [5.74, 6) is -0.124. The smallest absolute Gasteiger partial charge is 0.219 e. The van der Waals surface area contributed by atoms with Crippen molar-refractivity contribution in [3.63, 3.8) is 0 Å². The van der Waals surface area contributed by atoms with Gasteiger partial charge in [-0.15, -0.1) is 0 Å². The van der Waals surface area contributed by atoms with Gasteiger partial charge in [-0.05, 0) is 50.4 Å². The van der Waals surface area contributed by atoms with Gasteiger partial charge in [0.2, 0.25) is 5.91 Å². The van der Waals surface area contributed by atoms with Crippen molar-refractivity contribution in [2.75, 3.05) is 13.1 Å². The Morgan fingerprint density at radius 2 is 2.04 bits per heavy atom. The number of likely N-dealkylation sites (tertiary alicyclic amines) is 2. The van der Waals surface area contributed by atoms with E-state index >= 15 is 0 Å². The summed E-state index contributed by atoms with van der Waals surface area (Å²) in [6, 6.07) is 7.14. The fraction of sp³-hybridized carbons (Fsp3) is 0.556. The van der Waals surface area contributed by atoms with Crippen LogP contribution in [0.3, 0.4) is 0 Å². The van der Waals surface area contributed by atoms with E-state index in [9.17, 15) is 9.18 Å². The van der Waals surface area contributed by atoms with Crippen LogP contribution in [0.5, 0.6) is 0 Å². The number of benzene rings is 1. The van der Waals surface area contributed by atoms with Crippen molar-refractivity contribution >= 4 is 5.91 Å². The lowest BCUT2D eigenvalue weighted by molar-refractivity contribution is -0.130. The van der Waals surface area contributed by atoms with Gasteiger partial charge in [0.25, 0.3) is 0 Å². The lowest BCUT2D eigenvalue weighted by Gasteiger charge is -2.34. The summed E-state index contributed by atoms with van der Waals surface area (Å²) in [5, 5.41) is 9.00. The van der Waals surface area contributed by atoms with E-state index in [2.05, 4.69) is 11.0 Å². The molecule has 2 heterocycles. The maximum atomic E-state index is 14.1. The summed E-state index contributed by atoms with van der Waals surface area (Å²) < 4.78 is 14.1. The van der Waals surface area contributed by atoms with Crippen LogP contribution in [-0.4, -0.2) is 40.9 Å². The number of rotatable bonds is 3. The minimum absolute atomic E-state index is 0.136. The highest BCUT2D eigenvalue weighted by molar-refractivity contribution is 5.74. The molecule has 1 aromatic carbocycles. The quantitative estimate of drug-likeness (QED) is 0.861. The van der Waals surface area contributed by atoms with Gasteiger partial charge in [-0.1, -0.05) is 0 Å². The third kappa shape index (κ3) is 3.23. The first-order valence-corrected chi connectivity index (χ1v) is 8.30. The van der Waals surface area contributed by atoms with Gasteiger partial charge >= 0.3 is 0 Å². The summed E-state index contributed by atoms with van der Waals surface area (Å²) in [6.07, 6.45) is 4.20. The molecular weight excluding hydrogens is 293 g/mol. The molecule has 3 rings (SSSR count). The number of halogens is 1. The molecule has 1 amide bonds. The second-order valence-corrected chi connectivity index (χ2v) is 6.52. The predicted molar refractivity (Wildman–Crippen MR) is 85.0 cm³/mol. The van der Waals surface area contributed by atoms with Crippen molar-refractivity contribution < 1.29 is 9.18 Å². The van der Waals surface area contributed by atoms with E-state index in [0.717, 1.165) is 38.8 Å². The minimum atomic E-state index is -0.260. The zero-order valence-corrected chi connectivity index (χ0v) is 13.5. The van der Waals surface area contributed by atoms with E-state index in [1.807, 2.05) is 4.90 Å². The fourth-order valence-electron chi connectivity index (χ4n) is 4.05. The molecule has 0 unspecified atom stereocenters. The lowest BCUT2D eigenvalue weighted by Crippen LogP contribution is -2.47. The van der Waals surface area contributed by atoms with Gasteiger partial charge in [0.15, 0.2) is 0 Å². The molecule has 0 spiro atoms. The minimum Gasteiger partial charge on any atom is -0.338 e. The number of hydrogen-bond acceptors (Lipinski definition) is 3. The van der Waals surface area contributed by atoms with Gasteiger partial charge < -0.3 is 4.90 Å². The van der Waals surface area contributed by atoms with Crippen LogP contribution in [0, 0.1) is 17.1 Å². The van der Waals surface area contributed by atoms with Crippen LogP contribution in [0.25, 0.3) is 0 Å². The van der Waals surface area contributed by atoms with Crippen LogP contribution in [0.4, 0.5) is 4.39 Å². The number of nitrogens with zero attached hydrogens (tertiary/aromatic N) is 3.